The van der Waals surface area contributed by atoms with Gasteiger partial charge >= 0.3 is 0 Å². The van der Waals surface area contributed by atoms with E-state index in [1.54, 1.807) is 0 Å². The van der Waals surface area contributed by atoms with E-state index in [9.17, 15) is 9.90 Å². The van der Waals surface area contributed by atoms with Gasteiger partial charge in [0.15, 0.2) is 0 Å². The van der Waals surface area contributed by atoms with Crippen LogP contribution in [0.15, 0.2) is 0 Å². The lowest BCUT2D eigenvalue weighted by Gasteiger charge is -2.29. The number of nitrogens with zero attached hydrogens (tertiary/aromatic N) is 1. The van der Waals surface area contributed by atoms with Gasteiger partial charge in [0.1, 0.15) is 6.23 Å². The zero-order valence-electron chi connectivity index (χ0n) is 28.8. The van der Waals surface area contributed by atoms with Crippen LogP contribution in [-0.4, -0.2) is 85.8 Å². The largest absolute Gasteiger partial charge is 0.379 e. The molecule has 4 unspecified atom stereocenters. The van der Waals surface area contributed by atoms with Crippen LogP contribution < -0.4 is 21.3 Å². The predicted octanol–water partition coefficient (Wildman–Crippen LogP) is 5.83. The van der Waals surface area contributed by atoms with Gasteiger partial charge in [0.25, 0.3) is 0 Å². The third kappa shape index (κ3) is 22.5. The van der Waals surface area contributed by atoms with Crippen molar-refractivity contribution in [2.75, 3.05) is 39.8 Å². The highest BCUT2D eigenvalue weighted by atomic mass is 16.3. The Morgan fingerprint density at radius 1 is 0.833 bits per heavy atom. The molecule has 0 saturated heterocycles. The number of likely N-dealkylation sites (N-methyl/N-ethyl adjacent to an activating group) is 1. The molecule has 0 aromatic rings. The molecule has 0 spiro atoms. The van der Waals surface area contributed by atoms with Gasteiger partial charge in [-0.2, -0.15) is 0 Å². The standard InChI is InChI=1S/C34H72N6O2/c1-8-11-12-13-14-15-16-17-18-19-20-21-22-23-32(41)38-31(24-30(35)27-40(9-2)10-3)25-37-26-33(42)39-34(28(4)5)29(6)36-7/h28-29,31-32,34-38,41H,8-27H2,1-7H3,(H,39,42). The van der Waals surface area contributed by atoms with Crippen LogP contribution in [0.4, 0.5) is 0 Å². The second kappa shape index (κ2) is 27.5. The molecule has 4 atom stereocenters. The fraction of sp³-hybridized carbons (Fsp3) is 0.941. The zero-order valence-corrected chi connectivity index (χ0v) is 28.8. The summed E-state index contributed by atoms with van der Waals surface area (Å²) in [5.41, 5.74) is 0.651. The predicted molar refractivity (Wildman–Crippen MR) is 182 cm³/mol. The van der Waals surface area contributed by atoms with E-state index in [0.717, 1.165) is 32.4 Å². The third-order valence-electron chi connectivity index (χ3n) is 8.53. The summed E-state index contributed by atoms with van der Waals surface area (Å²) in [4.78, 5) is 14.9. The Hall–Kier alpha value is -1.06. The van der Waals surface area contributed by atoms with Crippen molar-refractivity contribution >= 4 is 11.6 Å². The SMILES string of the molecule is CCCCCCCCCCCCCCCC(O)NC(CNCC(=O)NC(C(C)C)C(C)NC)CC(=N)CN(CC)CC. The van der Waals surface area contributed by atoms with Gasteiger partial charge in [0.2, 0.25) is 5.91 Å². The maximum atomic E-state index is 12.7. The molecule has 0 saturated carbocycles. The Balaban J connectivity index is 4.48. The fourth-order valence-electron chi connectivity index (χ4n) is 5.63. The van der Waals surface area contributed by atoms with E-state index >= 15 is 0 Å². The van der Waals surface area contributed by atoms with Crippen molar-refractivity contribution in [1.29, 1.82) is 5.41 Å². The number of nitrogens with one attached hydrogen (secondary N) is 5. The number of carbonyl (C=O) groups is 1. The quantitative estimate of drug-likeness (QED) is 0.0353. The van der Waals surface area contributed by atoms with Gasteiger partial charge < -0.3 is 26.5 Å². The third-order valence-corrected chi connectivity index (χ3v) is 8.53. The molecule has 6 N–H and O–H groups in total. The Kier molecular flexibility index (Phi) is 26.8. The van der Waals surface area contributed by atoms with Gasteiger partial charge in [0.05, 0.1) is 6.54 Å². The summed E-state index contributed by atoms with van der Waals surface area (Å²) in [7, 11) is 1.91. The molecule has 0 heterocycles. The average Bonchev–Trinajstić information content (AvgIpc) is 2.96. The number of amides is 1. The summed E-state index contributed by atoms with van der Waals surface area (Å²) in [5.74, 6) is 0.298. The number of aliphatic hydroxyl groups is 1. The summed E-state index contributed by atoms with van der Waals surface area (Å²) < 4.78 is 0. The van der Waals surface area contributed by atoms with Crippen molar-refractivity contribution < 1.29 is 9.90 Å². The van der Waals surface area contributed by atoms with Crippen molar-refractivity contribution in [2.45, 2.75) is 162 Å². The molecule has 0 aromatic heterocycles. The van der Waals surface area contributed by atoms with Crippen LogP contribution in [0.1, 0.15) is 138 Å². The second-order valence-electron chi connectivity index (χ2n) is 12.7. The average molecular weight is 597 g/mol. The molecule has 0 rings (SSSR count). The van der Waals surface area contributed by atoms with Crippen LogP contribution in [0.3, 0.4) is 0 Å². The van der Waals surface area contributed by atoms with Crippen molar-refractivity contribution in [3.8, 4) is 0 Å². The van der Waals surface area contributed by atoms with Crippen LogP contribution >= 0.6 is 0 Å². The smallest absolute Gasteiger partial charge is 0.234 e. The van der Waals surface area contributed by atoms with E-state index in [4.69, 9.17) is 5.41 Å². The highest BCUT2D eigenvalue weighted by Gasteiger charge is 2.22. The van der Waals surface area contributed by atoms with Gasteiger partial charge in [-0.05, 0) is 45.8 Å². The Bertz CT molecular complexity index is 644. The van der Waals surface area contributed by atoms with Gasteiger partial charge in [-0.3, -0.25) is 15.0 Å². The van der Waals surface area contributed by atoms with E-state index < -0.39 is 6.23 Å². The van der Waals surface area contributed by atoms with Crippen LogP contribution in [0.5, 0.6) is 0 Å². The first kappa shape index (κ1) is 40.9. The second-order valence-corrected chi connectivity index (χ2v) is 12.7. The van der Waals surface area contributed by atoms with Crippen molar-refractivity contribution in [1.82, 2.24) is 26.2 Å². The molecule has 8 nitrogen and oxygen atoms in total. The highest BCUT2D eigenvalue weighted by Crippen LogP contribution is 2.13. The number of aliphatic hydroxyl groups excluding tert-OH is 1. The summed E-state index contributed by atoms with van der Waals surface area (Å²) in [6, 6.07) is 0.141. The normalized spacial score (nSPS) is 14.7. The topological polar surface area (TPSA) is 113 Å². The molecule has 1 amide bonds. The van der Waals surface area contributed by atoms with Crippen LogP contribution in [0.2, 0.25) is 0 Å². The molecule has 250 valence electrons. The minimum atomic E-state index is -0.596. The number of carbonyl (C=O) groups excluding carboxylic acids is 1. The summed E-state index contributed by atoms with van der Waals surface area (Å²) in [5, 5.41) is 32.3. The van der Waals surface area contributed by atoms with E-state index in [1.165, 1.54) is 70.6 Å². The summed E-state index contributed by atoms with van der Waals surface area (Å²) in [6.07, 6.45) is 17.7. The minimum Gasteiger partial charge on any atom is -0.379 e. The van der Waals surface area contributed by atoms with E-state index in [1.807, 2.05) is 7.05 Å². The van der Waals surface area contributed by atoms with Gasteiger partial charge in [-0.1, -0.05) is 112 Å². The first-order valence-corrected chi connectivity index (χ1v) is 17.6. The Morgan fingerprint density at radius 2 is 1.36 bits per heavy atom. The summed E-state index contributed by atoms with van der Waals surface area (Å²) in [6.45, 7) is 16.0. The maximum absolute atomic E-state index is 12.7. The molecule has 0 bridgehead atoms. The molecule has 42 heavy (non-hydrogen) atoms. The first-order valence-electron chi connectivity index (χ1n) is 17.6. The van der Waals surface area contributed by atoms with Crippen LogP contribution in [-0.2, 0) is 4.79 Å². The Morgan fingerprint density at radius 3 is 1.83 bits per heavy atom. The number of hydrogen-bond donors (Lipinski definition) is 6. The monoisotopic (exact) mass is 597 g/mol. The lowest BCUT2D eigenvalue weighted by molar-refractivity contribution is -0.121. The van der Waals surface area contributed by atoms with E-state index in [-0.39, 0.29) is 30.6 Å². The van der Waals surface area contributed by atoms with Crippen molar-refractivity contribution in [3.63, 3.8) is 0 Å². The van der Waals surface area contributed by atoms with E-state index in [0.29, 0.717) is 31.1 Å². The van der Waals surface area contributed by atoms with Gasteiger partial charge in [-0.15, -0.1) is 0 Å². The molecule has 0 aromatic carbocycles. The van der Waals surface area contributed by atoms with Crippen LogP contribution in [0, 0.1) is 11.3 Å². The fourth-order valence-corrected chi connectivity index (χ4v) is 5.63. The summed E-state index contributed by atoms with van der Waals surface area (Å²) >= 11 is 0. The zero-order chi connectivity index (χ0) is 31.6. The highest BCUT2D eigenvalue weighted by molar-refractivity contribution is 5.84. The maximum Gasteiger partial charge on any atom is 0.234 e. The van der Waals surface area contributed by atoms with Gasteiger partial charge in [-0.25, -0.2) is 0 Å². The molecule has 0 aliphatic rings. The number of rotatable bonds is 30. The van der Waals surface area contributed by atoms with Crippen molar-refractivity contribution in [3.05, 3.63) is 0 Å². The van der Waals surface area contributed by atoms with Crippen molar-refractivity contribution in [2.24, 2.45) is 5.92 Å². The Labute approximate surface area is 260 Å². The minimum absolute atomic E-state index is 0.0275. The molecular formula is C34H72N6O2. The molecule has 0 aliphatic carbocycles. The molecular weight excluding hydrogens is 524 g/mol. The lowest BCUT2D eigenvalue weighted by Crippen LogP contribution is -2.53. The number of unbranched alkanes of at least 4 members (excludes halogenated alkanes) is 12. The molecule has 0 aliphatic heterocycles. The molecule has 8 heteroatoms. The van der Waals surface area contributed by atoms with Gasteiger partial charge in [0, 0.05) is 43.3 Å². The van der Waals surface area contributed by atoms with Crippen LogP contribution in [0.25, 0.3) is 0 Å². The first-order chi connectivity index (χ1) is 20.2. The molecule has 0 fully saturated rings. The lowest BCUT2D eigenvalue weighted by atomic mass is 9.97. The molecule has 0 radical (unpaired) electrons. The number of hydrogen-bond acceptors (Lipinski definition) is 7. The van der Waals surface area contributed by atoms with E-state index in [2.05, 4.69) is 67.7 Å².